The summed E-state index contributed by atoms with van der Waals surface area (Å²) in [4.78, 5) is 72.1. The van der Waals surface area contributed by atoms with Crippen LogP contribution in [0.1, 0.15) is 96.8 Å². The lowest BCUT2D eigenvalue weighted by Crippen LogP contribution is -2.32. The fourth-order valence-electron chi connectivity index (χ4n) is 4.12. The van der Waals surface area contributed by atoms with Gasteiger partial charge in [-0.15, -0.1) is 0 Å². The first-order chi connectivity index (χ1) is 26.3. The minimum Gasteiger partial charge on any atom is -0.394 e. The van der Waals surface area contributed by atoms with Crippen LogP contribution in [0.15, 0.2) is 0 Å². The van der Waals surface area contributed by atoms with Crippen molar-refractivity contribution in [3.05, 3.63) is 0 Å². The molecule has 0 radical (unpaired) electrons. The number of hydrogen-bond donors (Lipinski definition) is 7. The molecular weight excluding hydrogens is 728 g/mol. The monoisotopic (exact) mass is 796 g/mol. The number of unbranched alkanes of at least 4 members (excludes halogenated alkanes) is 12. The predicted molar refractivity (Wildman–Crippen MR) is 185 cm³/mol. The van der Waals surface area contributed by atoms with Crippen LogP contribution in [0, 0.1) is 0 Å². The van der Waals surface area contributed by atoms with E-state index in [0.29, 0.717) is 6.42 Å². The highest BCUT2D eigenvalue weighted by molar-refractivity contribution is 5.68. The van der Waals surface area contributed by atoms with E-state index in [1.54, 1.807) is 0 Å². The standard InChI is InChI=1S/C34H68O20/c1-2-3-4-5-6-7-8-9-10-11-12-13-14-15-34(42)54-50-27-33(25-46-44-23-31(19-38)51-47-21-29(40)17-36)53-49-26-32(52-48-22-30(41)18-37)24-45-43-20-28(39)16-35/h28-33,35-41H,2-27H2,1H3. The van der Waals surface area contributed by atoms with Gasteiger partial charge in [-0.25, -0.2) is 53.7 Å². The lowest BCUT2D eigenvalue weighted by Gasteiger charge is -2.20. The number of carbonyl (C=O) groups is 1. The topological polar surface area (TPSA) is 269 Å². The Balaban J connectivity index is 4.73. The summed E-state index contributed by atoms with van der Waals surface area (Å²) >= 11 is 0. The van der Waals surface area contributed by atoms with Gasteiger partial charge < -0.3 is 35.7 Å². The minimum atomic E-state index is -1.22. The molecule has 0 bridgehead atoms. The Labute approximate surface area is 317 Å². The molecule has 0 aromatic heterocycles. The van der Waals surface area contributed by atoms with Gasteiger partial charge >= 0.3 is 5.97 Å². The van der Waals surface area contributed by atoms with Crippen molar-refractivity contribution in [2.24, 2.45) is 0 Å². The number of hydrogen-bond acceptors (Lipinski definition) is 20. The van der Waals surface area contributed by atoms with Crippen LogP contribution >= 0.6 is 0 Å². The smallest absolute Gasteiger partial charge is 0.342 e. The van der Waals surface area contributed by atoms with Gasteiger partial charge in [-0.1, -0.05) is 84.0 Å². The Morgan fingerprint density at radius 1 is 0.407 bits per heavy atom. The number of aliphatic hydroxyl groups excluding tert-OH is 7. The van der Waals surface area contributed by atoms with Crippen LogP contribution in [0.3, 0.4) is 0 Å². The van der Waals surface area contributed by atoms with Crippen LogP contribution in [0.25, 0.3) is 0 Å². The van der Waals surface area contributed by atoms with Crippen molar-refractivity contribution in [1.29, 1.82) is 0 Å². The van der Waals surface area contributed by atoms with E-state index in [1.165, 1.54) is 57.8 Å². The van der Waals surface area contributed by atoms with Crippen molar-refractivity contribution >= 4 is 5.97 Å². The first-order valence-corrected chi connectivity index (χ1v) is 18.9. The van der Waals surface area contributed by atoms with Gasteiger partial charge in [-0.05, 0) is 6.42 Å². The van der Waals surface area contributed by atoms with E-state index in [4.69, 9.17) is 74.0 Å². The molecule has 324 valence electrons. The second kappa shape index (κ2) is 40.0. The van der Waals surface area contributed by atoms with Crippen LogP contribution in [0.4, 0.5) is 0 Å². The maximum absolute atomic E-state index is 12.2. The zero-order valence-electron chi connectivity index (χ0n) is 31.8. The molecule has 7 N–H and O–H groups in total. The Morgan fingerprint density at radius 3 is 1.19 bits per heavy atom. The maximum Gasteiger partial charge on any atom is 0.342 e. The Kier molecular flexibility index (Phi) is 39.0. The van der Waals surface area contributed by atoms with E-state index >= 15 is 0 Å². The van der Waals surface area contributed by atoms with Crippen LogP contribution in [-0.2, 0) is 63.4 Å². The molecule has 20 heteroatoms. The average Bonchev–Trinajstić information content (AvgIpc) is 3.18. The molecule has 0 aliphatic heterocycles. The summed E-state index contributed by atoms with van der Waals surface area (Å²) in [7, 11) is 0. The quantitative estimate of drug-likeness (QED) is 0.0256. The van der Waals surface area contributed by atoms with E-state index in [9.17, 15) is 25.2 Å². The van der Waals surface area contributed by atoms with Gasteiger partial charge in [0.15, 0.2) is 0 Å². The molecule has 0 aromatic rings. The first kappa shape index (κ1) is 52.8. The lowest BCUT2D eigenvalue weighted by atomic mass is 10.0. The van der Waals surface area contributed by atoms with Crippen molar-refractivity contribution in [2.75, 3.05) is 79.3 Å². The molecule has 6 unspecified atom stereocenters. The average molecular weight is 797 g/mol. The molecule has 0 aromatic carbocycles. The third-order valence-corrected chi connectivity index (χ3v) is 7.30. The highest BCUT2D eigenvalue weighted by atomic mass is 17.3. The summed E-state index contributed by atoms with van der Waals surface area (Å²) in [5, 5.41) is 64.2. The van der Waals surface area contributed by atoms with Gasteiger partial charge in [0, 0.05) is 6.42 Å². The van der Waals surface area contributed by atoms with Crippen molar-refractivity contribution < 1.29 is 99.2 Å². The van der Waals surface area contributed by atoms with Crippen LogP contribution < -0.4 is 0 Å². The van der Waals surface area contributed by atoms with E-state index in [2.05, 4.69) is 6.92 Å². The third-order valence-electron chi connectivity index (χ3n) is 7.30. The lowest BCUT2D eigenvalue weighted by molar-refractivity contribution is -0.421. The van der Waals surface area contributed by atoms with Crippen LogP contribution in [0.5, 0.6) is 0 Å². The summed E-state index contributed by atoms with van der Waals surface area (Å²) in [6, 6.07) is 0. The molecular formula is C34H68O20. The Bertz CT molecular complexity index is 786. The molecule has 0 aliphatic rings. The van der Waals surface area contributed by atoms with Crippen molar-refractivity contribution in [3.63, 3.8) is 0 Å². The zero-order chi connectivity index (χ0) is 39.9. The molecule has 0 aliphatic carbocycles. The SMILES string of the molecule is CCCCCCCCCCCCCCCC(=O)OOCC(COOCC(CO)OOCC(O)CO)OOCC(COOCC(O)CO)OOCC(O)CO. The van der Waals surface area contributed by atoms with Gasteiger partial charge in [0.1, 0.15) is 89.5 Å². The van der Waals surface area contributed by atoms with E-state index < -0.39 is 75.6 Å². The second-order valence-electron chi connectivity index (χ2n) is 12.6. The number of aliphatic hydroxyl groups is 7. The normalized spacial score (nSPS) is 15.2. The molecule has 0 spiro atoms. The van der Waals surface area contributed by atoms with E-state index in [1.807, 2.05) is 0 Å². The second-order valence-corrected chi connectivity index (χ2v) is 12.6. The van der Waals surface area contributed by atoms with Gasteiger partial charge in [0.25, 0.3) is 0 Å². The summed E-state index contributed by atoms with van der Waals surface area (Å²) in [5.41, 5.74) is 0. The molecule has 6 atom stereocenters. The molecule has 0 heterocycles. The summed E-state index contributed by atoms with van der Waals surface area (Å²) < 4.78 is 0. The molecule has 0 rings (SSSR count). The molecule has 20 nitrogen and oxygen atoms in total. The molecule has 0 amide bonds. The van der Waals surface area contributed by atoms with Crippen LogP contribution in [-0.4, -0.2) is 158 Å². The largest absolute Gasteiger partial charge is 0.394 e. The summed E-state index contributed by atoms with van der Waals surface area (Å²) in [5.74, 6) is -0.566. The molecule has 54 heavy (non-hydrogen) atoms. The first-order valence-electron chi connectivity index (χ1n) is 18.9. The van der Waals surface area contributed by atoms with Crippen LogP contribution in [0.2, 0.25) is 0 Å². The molecule has 0 saturated heterocycles. The third kappa shape index (κ3) is 35.2. The Hall–Kier alpha value is -1.25. The fraction of sp³-hybridized carbons (Fsp3) is 0.971. The Morgan fingerprint density at radius 2 is 0.741 bits per heavy atom. The zero-order valence-corrected chi connectivity index (χ0v) is 31.8. The number of carbonyl (C=O) groups excluding carboxylic acids is 1. The van der Waals surface area contributed by atoms with E-state index in [-0.39, 0.29) is 52.7 Å². The highest BCUT2D eigenvalue weighted by Gasteiger charge is 2.20. The molecule has 0 saturated carbocycles. The van der Waals surface area contributed by atoms with Gasteiger partial charge in [0.2, 0.25) is 0 Å². The fourth-order valence-corrected chi connectivity index (χ4v) is 4.12. The van der Waals surface area contributed by atoms with Gasteiger partial charge in [0.05, 0.1) is 26.4 Å². The maximum atomic E-state index is 12.2. The van der Waals surface area contributed by atoms with Crippen molar-refractivity contribution in [3.8, 4) is 0 Å². The van der Waals surface area contributed by atoms with Gasteiger partial charge in [-0.3, -0.25) is 4.89 Å². The predicted octanol–water partition coefficient (Wildman–Crippen LogP) is 0.841. The minimum absolute atomic E-state index is 0.167. The van der Waals surface area contributed by atoms with Crippen molar-refractivity contribution in [1.82, 2.24) is 0 Å². The van der Waals surface area contributed by atoms with E-state index in [0.717, 1.165) is 19.3 Å². The number of rotatable bonds is 43. The highest BCUT2D eigenvalue weighted by Crippen LogP contribution is 2.13. The molecule has 0 fully saturated rings. The summed E-state index contributed by atoms with van der Waals surface area (Å²) in [6.45, 7) is -2.87. The van der Waals surface area contributed by atoms with Gasteiger partial charge in [-0.2, -0.15) is 4.89 Å². The van der Waals surface area contributed by atoms with Crippen molar-refractivity contribution in [2.45, 2.75) is 133 Å². The summed E-state index contributed by atoms with van der Waals surface area (Å²) in [6.07, 6.45) is 8.72.